The lowest BCUT2D eigenvalue weighted by Crippen LogP contribution is -2.19. The van der Waals surface area contributed by atoms with E-state index in [0.29, 0.717) is 11.6 Å². The molecule has 2 heterocycles. The second-order valence-electron chi connectivity index (χ2n) is 5.96. The van der Waals surface area contributed by atoms with E-state index >= 15 is 0 Å². The first-order valence-corrected chi connectivity index (χ1v) is 8.49. The van der Waals surface area contributed by atoms with Crippen LogP contribution in [-0.2, 0) is 6.54 Å². The quantitative estimate of drug-likeness (QED) is 0.717. The number of hydrogen-bond acceptors (Lipinski definition) is 4. The van der Waals surface area contributed by atoms with E-state index in [0.717, 1.165) is 28.4 Å². The van der Waals surface area contributed by atoms with E-state index in [9.17, 15) is 0 Å². The molecule has 0 saturated heterocycles. The Morgan fingerprint density at radius 3 is 2.68 bits per heavy atom. The number of nitrogens with one attached hydrogen (secondary N) is 1. The lowest BCUT2D eigenvalue weighted by atomic mass is 10.0. The van der Waals surface area contributed by atoms with E-state index in [2.05, 4.69) is 23.3 Å². The number of aromatic nitrogens is 2. The molecule has 3 aromatic rings. The average Bonchev–Trinajstić information content (AvgIpc) is 3.01. The fourth-order valence-electron chi connectivity index (χ4n) is 3.04. The predicted octanol–water partition coefficient (Wildman–Crippen LogP) is 4.16. The van der Waals surface area contributed by atoms with Crippen molar-refractivity contribution in [2.45, 2.75) is 26.4 Å². The molecular weight excluding hydrogens is 338 g/mol. The first-order chi connectivity index (χ1) is 12.0. The van der Waals surface area contributed by atoms with E-state index < -0.39 is 0 Å². The Hall–Kier alpha value is -2.24. The van der Waals surface area contributed by atoms with E-state index in [1.54, 1.807) is 14.2 Å². The van der Waals surface area contributed by atoms with Crippen LogP contribution in [-0.4, -0.2) is 23.6 Å². The van der Waals surface area contributed by atoms with Gasteiger partial charge in [-0.15, -0.1) is 0 Å². The van der Waals surface area contributed by atoms with Crippen LogP contribution in [0.25, 0.3) is 5.65 Å². The second kappa shape index (κ2) is 7.33. The Balaban J connectivity index is 1.76. The van der Waals surface area contributed by atoms with E-state index in [1.165, 1.54) is 5.56 Å². The number of ether oxygens (including phenoxy) is 2. The van der Waals surface area contributed by atoms with Gasteiger partial charge < -0.3 is 19.2 Å². The molecule has 6 heteroatoms. The molecular formula is C19H22ClN3O2. The number of methoxy groups -OCH3 is 2. The van der Waals surface area contributed by atoms with E-state index in [4.69, 9.17) is 21.1 Å². The Labute approximate surface area is 152 Å². The van der Waals surface area contributed by atoms with Crippen LogP contribution in [0.3, 0.4) is 0 Å². The maximum absolute atomic E-state index is 6.02. The summed E-state index contributed by atoms with van der Waals surface area (Å²) in [6.45, 7) is 4.83. The molecule has 1 unspecified atom stereocenters. The van der Waals surface area contributed by atoms with Crippen molar-refractivity contribution < 1.29 is 9.47 Å². The molecule has 0 saturated carbocycles. The van der Waals surface area contributed by atoms with Gasteiger partial charge in [0.15, 0.2) is 11.5 Å². The van der Waals surface area contributed by atoms with Crippen molar-refractivity contribution in [2.75, 3.05) is 14.2 Å². The molecule has 2 aromatic heterocycles. The average molecular weight is 360 g/mol. The van der Waals surface area contributed by atoms with Gasteiger partial charge in [-0.05, 0) is 43.2 Å². The number of hydrogen-bond donors (Lipinski definition) is 1. The van der Waals surface area contributed by atoms with Crippen molar-refractivity contribution in [1.29, 1.82) is 0 Å². The molecule has 0 radical (unpaired) electrons. The summed E-state index contributed by atoms with van der Waals surface area (Å²) in [4.78, 5) is 4.60. The number of halogens is 1. The van der Waals surface area contributed by atoms with Crippen molar-refractivity contribution in [3.63, 3.8) is 0 Å². The number of pyridine rings is 1. The Morgan fingerprint density at radius 1 is 1.16 bits per heavy atom. The van der Waals surface area contributed by atoms with Gasteiger partial charge in [-0.2, -0.15) is 0 Å². The Bertz CT molecular complexity index is 892. The molecule has 132 valence electrons. The normalized spacial score (nSPS) is 12.4. The summed E-state index contributed by atoms with van der Waals surface area (Å²) < 4.78 is 12.8. The van der Waals surface area contributed by atoms with Gasteiger partial charge in [0.25, 0.3) is 0 Å². The van der Waals surface area contributed by atoms with Crippen molar-refractivity contribution in [1.82, 2.24) is 14.7 Å². The molecule has 25 heavy (non-hydrogen) atoms. The third kappa shape index (κ3) is 3.57. The summed E-state index contributed by atoms with van der Waals surface area (Å²) in [7, 11) is 3.31. The fourth-order valence-corrected chi connectivity index (χ4v) is 3.20. The molecule has 0 spiro atoms. The van der Waals surface area contributed by atoms with Crippen molar-refractivity contribution >= 4 is 17.2 Å². The zero-order valence-electron chi connectivity index (χ0n) is 14.8. The van der Waals surface area contributed by atoms with Crippen molar-refractivity contribution in [3.05, 3.63) is 58.5 Å². The lowest BCUT2D eigenvalue weighted by molar-refractivity contribution is 0.351. The number of nitrogens with zero attached hydrogens (tertiary/aromatic N) is 2. The summed E-state index contributed by atoms with van der Waals surface area (Å²) in [5, 5.41) is 4.21. The monoisotopic (exact) mass is 359 g/mol. The SMILES string of the molecule is COc1ccc(C(C)NCc2cn3cc(Cl)ccc3n2)c(C)c1OC. The first-order valence-electron chi connectivity index (χ1n) is 8.11. The highest BCUT2D eigenvalue weighted by Crippen LogP contribution is 2.35. The molecule has 1 aromatic carbocycles. The van der Waals surface area contributed by atoms with E-state index in [-0.39, 0.29) is 6.04 Å². The number of imidazole rings is 1. The molecule has 0 aliphatic rings. The smallest absolute Gasteiger partial charge is 0.163 e. The van der Waals surface area contributed by atoms with Crippen LogP contribution in [0.4, 0.5) is 0 Å². The van der Waals surface area contributed by atoms with Gasteiger partial charge in [-0.25, -0.2) is 4.98 Å². The van der Waals surface area contributed by atoms with Crippen LogP contribution in [0.2, 0.25) is 5.02 Å². The minimum Gasteiger partial charge on any atom is -0.493 e. The maximum Gasteiger partial charge on any atom is 0.163 e. The molecule has 5 nitrogen and oxygen atoms in total. The Morgan fingerprint density at radius 2 is 1.96 bits per heavy atom. The first kappa shape index (κ1) is 17.6. The molecule has 0 aliphatic carbocycles. The fraction of sp³-hybridized carbons (Fsp3) is 0.316. The molecule has 0 aliphatic heterocycles. The van der Waals surface area contributed by atoms with Gasteiger partial charge in [0.1, 0.15) is 5.65 Å². The van der Waals surface area contributed by atoms with Gasteiger partial charge in [0.05, 0.1) is 24.9 Å². The topological polar surface area (TPSA) is 47.8 Å². The summed E-state index contributed by atoms with van der Waals surface area (Å²) in [6.07, 6.45) is 3.84. The molecule has 0 bridgehead atoms. The van der Waals surface area contributed by atoms with Crippen LogP contribution >= 0.6 is 11.6 Å². The highest BCUT2D eigenvalue weighted by Gasteiger charge is 2.15. The lowest BCUT2D eigenvalue weighted by Gasteiger charge is -2.19. The zero-order chi connectivity index (χ0) is 18.0. The van der Waals surface area contributed by atoms with Crippen LogP contribution in [0.15, 0.2) is 36.7 Å². The summed E-state index contributed by atoms with van der Waals surface area (Å²) >= 11 is 6.02. The van der Waals surface area contributed by atoms with Gasteiger partial charge >= 0.3 is 0 Å². The molecule has 0 fully saturated rings. The summed E-state index contributed by atoms with van der Waals surface area (Å²) in [5.74, 6) is 1.52. The van der Waals surface area contributed by atoms with Gasteiger partial charge in [0, 0.05) is 25.0 Å². The van der Waals surface area contributed by atoms with Crippen LogP contribution < -0.4 is 14.8 Å². The van der Waals surface area contributed by atoms with Crippen LogP contribution in [0.1, 0.15) is 29.8 Å². The predicted molar refractivity (Wildman–Crippen MR) is 99.7 cm³/mol. The van der Waals surface area contributed by atoms with Gasteiger partial charge in [-0.3, -0.25) is 0 Å². The second-order valence-corrected chi connectivity index (χ2v) is 6.40. The number of rotatable bonds is 6. The molecule has 0 amide bonds. The largest absolute Gasteiger partial charge is 0.493 e. The summed E-state index contributed by atoms with van der Waals surface area (Å²) in [6, 6.07) is 7.90. The zero-order valence-corrected chi connectivity index (χ0v) is 15.6. The van der Waals surface area contributed by atoms with Crippen molar-refractivity contribution in [2.24, 2.45) is 0 Å². The highest BCUT2D eigenvalue weighted by molar-refractivity contribution is 6.30. The maximum atomic E-state index is 6.02. The number of fused-ring (bicyclic) bond motifs is 1. The minimum atomic E-state index is 0.146. The molecule has 1 atom stereocenters. The molecule has 3 rings (SSSR count). The minimum absolute atomic E-state index is 0.146. The Kier molecular flexibility index (Phi) is 5.16. The third-order valence-electron chi connectivity index (χ3n) is 4.36. The van der Waals surface area contributed by atoms with E-state index in [1.807, 2.05) is 41.9 Å². The van der Waals surface area contributed by atoms with Crippen LogP contribution in [0.5, 0.6) is 11.5 Å². The number of benzene rings is 1. The third-order valence-corrected chi connectivity index (χ3v) is 4.58. The standard InChI is InChI=1S/C19H22ClN3O2/c1-12-16(6-7-17(24-3)19(12)25-4)13(2)21-9-15-11-23-10-14(20)5-8-18(23)22-15/h5-8,10-11,13,21H,9H2,1-4H3. The molecule has 1 N–H and O–H groups in total. The highest BCUT2D eigenvalue weighted by atomic mass is 35.5. The summed E-state index contributed by atoms with van der Waals surface area (Å²) in [5.41, 5.74) is 4.09. The van der Waals surface area contributed by atoms with Crippen LogP contribution in [0, 0.1) is 6.92 Å². The van der Waals surface area contributed by atoms with Gasteiger partial charge in [0.2, 0.25) is 0 Å². The van der Waals surface area contributed by atoms with Crippen molar-refractivity contribution in [3.8, 4) is 11.5 Å². The van der Waals surface area contributed by atoms with Gasteiger partial charge in [-0.1, -0.05) is 17.7 Å².